The molecule has 0 spiro atoms. The van der Waals surface area contributed by atoms with Gasteiger partial charge in [0.25, 0.3) is 0 Å². The van der Waals surface area contributed by atoms with Gasteiger partial charge in [-0.1, -0.05) is 20.3 Å². The third-order valence-corrected chi connectivity index (χ3v) is 4.85. The summed E-state index contributed by atoms with van der Waals surface area (Å²) in [5, 5.41) is 13.1. The van der Waals surface area contributed by atoms with Gasteiger partial charge in [-0.2, -0.15) is 0 Å². The van der Waals surface area contributed by atoms with Crippen LogP contribution in [0.1, 0.15) is 46.5 Å². The molecule has 1 aliphatic carbocycles. The normalized spacial score (nSPS) is 30.1. The second kappa shape index (κ2) is 6.90. The number of aliphatic hydroxyl groups is 1. The highest BCUT2D eigenvalue weighted by Crippen LogP contribution is 2.29. The first-order valence-corrected chi connectivity index (χ1v) is 8.16. The zero-order valence-corrected chi connectivity index (χ0v) is 13.1. The van der Waals surface area contributed by atoms with Crippen molar-refractivity contribution in [2.45, 2.75) is 58.6 Å². The van der Waals surface area contributed by atoms with E-state index in [0.717, 1.165) is 32.0 Å². The molecule has 1 aliphatic heterocycles. The Labute approximate surface area is 122 Å². The Kier molecular flexibility index (Phi) is 5.44. The summed E-state index contributed by atoms with van der Waals surface area (Å²) in [6.07, 6.45) is 4.67. The lowest BCUT2D eigenvalue weighted by Crippen LogP contribution is -2.54. The molecule has 1 heterocycles. The Hall–Kier alpha value is -0.610. The molecule has 3 atom stereocenters. The lowest BCUT2D eigenvalue weighted by atomic mass is 9.83. The number of hydrogen-bond donors (Lipinski definition) is 2. The van der Waals surface area contributed by atoms with Crippen LogP contribution in [-0.4, -0.2) is 47.7 Å². The average Bonchev–Trinajstić information content (AvgIpc) is 2.33. The van der Waals surface area contributed by atoms with Gasteiger partial charge < -0.3 is 15.3 Å². The highest BCUT2D eigenvalue weighted by atomic mass is 16.3. The Morgan fingerprint density at radius 1 is 1.30 bits per heavy atom. The topological polar surface area (TPSA) is 52.6 Å². The maximum atomic E-state index is 11.9. The predicted molar refractivity (Wildman–Crippen MR) is 80.3 cm³/mol. The predicted octanol–water partition coefficient (Wildman–Crippen LogP) is 1.63. The van der Waals surface area contributed by atoms with Crippen molar-refractivity contribution in [3.63, 3.8) is 0 Å². The quantitative estimate of drug-likeness (QED) is 0.806. The van der Waals surface area contributed by atoms with E-state index in [1.807, 2.05) is 20.8 Å². The lowest BCUT2D eigenvalue weighted by Gasteiger charge is -2.42. The molecule has 0 radical (unpaired) electrons. The van der Waals surface area contributed by atoms with Crippen molar-refractivity contribution >= 4 is 5.91 Å². The summed E-state index contributed by atoms with van der Waals surface area (Å²) in [6.45, 7) is 8.78. The van der Waals surface area contributed by atoms with Crippen molar-refractivity contribution in [3.8, 4) is 0 Å². The molecular formula is C16H30N2O2. The molecule has 116 valence electrons. The first-order valence-electron chi connectivity index (χ1n) is 8.16. The van der Waals surface area contributed by atoms with Crippen molar-refractivity contribution < 1.29 is 9.90 Å². The third kappa shape index (κ3) is 4.19. The van der Waals surface area contributed by atoms with E-state index in [9.17, 15) is 9.90 Å². The number of likely N-dealkylation sites (tertiary alicyclic amines) is 1. The van der Waals surface area contributed by atoms with Crippen LogP contribution in [-0.2, 0) is 4.79 Å². The zero-order chi connectivity index (χ0) is 14.7. The fourth-order valence-electron chi connectivity index (χ4n) is 3.24. The molecule has 2 rings (SSSR count). The highest BCUT2D eigenvalue weighted by molar-refractivity contribution is 5.78. The molecule has 1 saturated carbocycles. The average molecular weight is 282 g/mol. The van der Waals surface area contributed by atoms with Crippen LogP contribution < -0.4 is 5.32 Å². The molecule has 4 nitrogen and oxygen atoms in total. The Morgan fingerprint density at radius 2 is 2.00 bits per heavy atom. The van der Waals surface area contributed by atoms with Crippen LogP contribution in [0.3, 0.4) is 0 Å². The molecule has 0 aromatic heterocycles. The van der Waals surface area contributed by atoms with Crippen LogP contribution in [0.5, 0.6) is 0 Å². The summed E-state index contributed by atoms with van der Waals surface area (Å²) < 4.78 is 0. The molecule has 20 heavy (non-hydrogen) atoms. The van der Waals surface area contributed by atoms with Gasteiger partial charge in [0.15, 0.2) is 0 Å². The molecule has 2 aliphatic rings. The molecule has 3 unspecified atom stereocenters. The minimum Gasteiger partial charge on any atom is -0.393 e. The van der Waals surface area contributed by atoms with Gasteiger partial charge >= 0.3 is 0 Å². The van der Waals surface area contributed by atoms with Gasteiger partial charge in [-0.05, 0) is 38.0 Å². The van der Waals surface area contributed by atoms with E-state index >= 15 is 0 Å². The van der Waals surface area contributed by atoms with Crippen LogP contribution >= 0.6 is 0 Å². The largest absolute Gasteiger partial charge is 0.393 e. The maximum Gasteiger partial charge on any atom is 0.222 e. The fraction of sp³-hybridized carbons (Fsp3) is 0.938. The first-order chi connectivity index (χ1) is 9.45. The molecule has 1 saturated heterocycles. The van der Waals surface area contributed by atoms with Crippen LogP contribution in [0.15, 0.2) is 0 Å². The van der Waals surface area contributed by atoms with E-state index in [-0.39, 0.29) is 29.9 Å². The number of aliphatic hydroxyl groups excluding tert-OH is 1. The van der Waals surface area contributed by atoms with Crippen LogP contribution in [0, 0.1) is 17.8 Å². The number of piperidine rings is 1. The molecule has 0 aromatic rings. The van der Waals surface area contributed by atoms with Crippen molar-refractivity contribution in [3.05, 3.63) is 0 Å². The molecule has 2 fully saturated rings. The van der Waals surface area contributed by atoms with Gasteiger partial charge in [-0.25, -0.2) is 0 Å². The first kappa shape index (κ1) is 15.8. The summed E-state index contributed by atoms with van der Waals surface area (Å²) in [5.41, 5.74) is 0. The summed E-state index contributed by atoms with van der Waals surface area (Å²) >= 11 is 0. The van der Waals surface area contributed by atoms with Crippen LogP contribution in [0.4, 0.5) is 0 Å². The van der Waals surface area contributed by atoms with Gasteiger partial charge in [-0.15, -0.1) is 0 Å². The number of hydrogen-bond acceptors (Lipinski definition) is 3. The number of amides is 1. The van der Waals surface area contributed by atoms with Crippen molar-refractivity contribution in [1.82, 2.24) is 10.2 Å². The van der Waals surface area contributed by atoms with E-state index in [1.165, 1.54) is 19.3 Å². The number of carbonyl (C=O) groups excluding carboxylic acids is 1. The second-order valence-corrected chi connectivity index (χ2v) is 7.11. The Morgan fingerprint density at radius 3 is 2.50 bits per heavy atom. The molecule has 0 aromatic carbocycles. The smallest absolute Gasteiger partial charge is 0.222 e. The summed E-state index contributed by atoms with van der Waals surface area (Å²) in [5.74, 6) is 1.28. The molecule has 2 N–H and O–H groups in total. The van der Waals surface area contributed by atoms with Crippen LogP contribution in [0.25, 0.3) is 0 Å². The SMILES string of the molecule is CC(C)C(=O)NC1CC(C(C)O)CN(CC2CCC2)C1. The lowest BCUT2D eigenvalue weighted by molar-refractivity contribution is -0.125. The maximum absolute atomic E-state index is 11.9. The minimum atomic E-state index is -0.294. The standard InChI is InChI=1S/C16H30N2O2/c1-11(2)16(20)17-15-7-14(12(3)19)9-18(10-15)8-13-5-4-6-13/h11-15,19H,4-10H2,1-3H3,(H,17,20). The summed E-state index contributed by atoms with van der Waals surface area (Å²) in [7, 11) is 0. The number of nitrogens with zero attached hydrogens (tertiary/aromatic N) is 1. The fourth-order valence-corrected chi connectivity index (χ4v) is 3.24. The Bertz CT molecular complexity index is 326. The zero-order valence-electron chi connectivity index (χ0n) is 13.1. The molecule has 0 bridgehead atoms. The van der Waals surface area contributed by atoms with E-state index in [0.29, 0.717) is 0 Å². The number of rotatable bonds is 5. The van der Waals surface area contributed by atoms with Gasteiger partial charge in [0.05, 0.1) is 6.10 Å². The van der Waals surface area contributed by atoms with Crippen molar-refractivity contribution in [1.29, 1.82) is 0 Å². The molecule has 1 amide bonds. The summed E-state index contributed by atoms with van der Waals surface area (Å²) in [4.78, 5) is 14.3. The minimum absolute atomic E-state index is 0.0296. The van der Waals surface area contributed by atoms with Gasteiger partial charge in [0, 0.05) is 31.6 Å². The molecule has 4 heteroatoms. The van der Waals surface area contributed by atoms with E-state index in [4.69, 9.17) is 0 Å². The third-order valence-electron chi connectivity index (χ3n) is 4.85. The van der Waals surface area contributed by atoms with Gasteiger partial charge in [-0.3, -0.25) is 4.79 Å². The van der Waals surface area contributed by atoms with Gasteiger partial charge in [0.1, 0.15) is 0 Å². The van der Waals surface area contributed by atoms with Crippen LogP contribution in [0.2, 0.25) is 0 Å². The van der Waals surface area contributed by atoms with E-state index in [2.05, 4.69) is 10.2 Å². The van der Waals surface area contributed by atoms with E-state index in [1.54, 1.807) is 0 Å². The Balaban J connectivity index is 1.90. The van der Waals surface area contributed by atoms with Crippen molar-refractivity contribution in [2.75, 3.05) is 19.6 Å². The van der Waals surface area contributed by atoms with Crippen molar-refractivity contribution in [2.24, 2.45) is 17.8 Å². The second-order valence-electron chi connectivity index (χ2n) is 7.11. The highest BCUT2D eigenvalue weighted by Gasteiger charge is 2.32. The number of carbonyl (C=O) groups is 1. The molecular weight excluding hydrogens is 252 g/mol. The number of nitrogens with one attached hydrogen (secondary N) is 1. The van der Waals surface area contributed by atoms with Gasteiger partial charge in [0.2, 0.25) is 5.91 Å². The van der Waals surface area contributed by atoms with E-state index < -0.39 is 0 Å². The summed E-state index contributed by atoms with van der Waals surface area (Å²) in [6, 6.07) is 0.193. The monoisotopic (exact) mass is 282 g/mol.